The van der Waals surface area contributed by atoms with Gasteiger partial charge in [-0.3, -0.25) is 9.69 Å². The van der Waals surface area contributed by atoms with Gasteiger partial charge in [-0.05, 0) is 43.3 Å². The maximum Gasteiger partial charge on any atom is 0.271 e. The number of carbonyl (C=O) groups excluding carboxylic acids is 1. The largest absolute Gasteiger partial charge is 0.490 e. The first-order chi connectivity index (χ1) is 14.3. The monoisotopic (exact) mass is 404 g/mol. The van der Waals surface area contributed by atoms with Crippen LogP contribution in [0.2, 0.25) is 0 Å². The molecule has 0 fully saturated rings. The van der Waals surface area contributed by atoms with E-state index in [1.807, 2.05) is 79.7 Å². The molecule has 1 heterocycles. The van der Waals surface area contributed by atoms with E-state index in [2.05, 4.69) is 4.98 Å². The summed E-state index contributed by atoms with van der Waals surface area (Å²) in [6, 6.07) is 24.7. The number of carbonyl (C=O) groups is 1. The highest BCUT2D eigenvalue weighted by atomic mass is 32.1. The summed E-state index contributed by atoms with van der Waals surface area (Å²) in [4.78, 5) is 19.5. The Morgan fingerprint density at radius 1 is 0.897 bits per heavy atom. The molecular weight excluding hydrogens is 384 g/mol. The number of hydrogen-bond acceptors (Lipinski definition) is 5. The average Bonchev–Trinajstić information content (AvgIpc) is 3.18. The molecule has 0 saturated heterocycles. The Kier molecular flexibility index (Phi) is 5.72. The Morgan fingerprint density at radius 3 is 2.28 bits per heavy atom. The van der Waals surface area contributed by atoms with Crippen LogP contribution in [0.3, 0.4) is 0 Å². The Balaban J connectivity index is 1.62. The number of nitrogens with zero attached hydrogens (tertiary/aromatic N) is 2. The van der Waals surface area contributed by atoms with Crippen LogP contribution in [-0.4, -0.2) is 24.1 Å². The fourth-order valence-electron chi connectivity index (χ4n) is 2.94. The van der Waals surface area contributed by atoms with Gasteiger partial charge in [-0.1, -0.05) is 53.8 Å². The van der Waals surface area contributed by atoms with Crippen molar-refractivity contribution in [2.24, 2.45) is 0 Å². The molecule has 4 rings (SSSR count). The number of amides is 1. The maximum atomic E-state index is 13.2. The highest BCUT2D eigenvalue weighted by Gasteiger charge is 2.22. The lowest BCUT2D eigenvalue weighted by Crippen LogP contribution is -2.30. The van der Waals surface area contributed by atoms with E-state index >= 15 is 0 Å². The minimum Gasteiger partial charge on any atom is -0.490 e. The molecular formula is C23H20N2O3S. The molecule has 1 amide bonds. The Morgan fingerprint density at radius 2 is 1.55 bits per heavy atom. The van der Waals surface area contributed by atoms with Crippen molar-refractivity contribution in [3.63, 3.8) is 0 Å². The van der Waals surface area contributed by atoms with Crippen LogP contribution < -0.4 is 14.4 Å². The summed E-state index contributed by atoms with van der Waals surface area (Å²) >= 11 is 1.48. The van der Waals surface area contributed by atoms with Crippen molar-refractivity contribution in [1.82, 2.24) is 4.98 Å². The van der Waals surface area contributed by atoms with Crippen LogP contribution in [0.4, 0.5) is 10.8 Å². The molecule has 29 heavy (non-hydrogen) atoms. The van der Waals surface area contributed by atoms with E-state index < -0.39 is 0 Å². The summed E-state index contributed by atoms with van der Waals surface area (Å²) in [5.41, 5.74) is 1.61. The summed E-state index contributed by atoms with van der Waals surface area (Å²) in [5, 5.41) is 0.615. The third kappa shape index (κ3) is 4.22. The molecule has 0 aliphatic rings. The molecule has 0 atom stereocenters. The van der Waals surface area contributed by atoms with Gasteiger partial charge in [0.1, 0.15) is 0 Å². The quantitative estimate of drug-likeness (QED) is 0.412. The molecule has 0 radical (unpaired) electrons. The molecule has 6 heteroatoms. The SMILES string of the molecule is CCOc1ccccc1OCC(=O)N(c1ccccc1)c1nc2ccccc2s1. The van der Waals surface area contributed by atoms with Crippen molar-refractivity contribution in [3.05, 3.63) is 78.9 Å². The van der Waals surface area contributed by atoms with E-state index in [4.69, 9.17) is 9.47 Å². The van der Waals surface area contributed by atoms with Crippen LogP contribution >= 0.6 is 11.3 Å². The van der Waals surface area contributed by atoms with Gasteiger partial charge in [0, 0.05) is 0 Å². The molecule has 0 bridgehead atoms. The van der Waals surface area contributed by atoms with E-state index in [0.717, 1.165) is 15.9 Å². The molecule has 0 unspecified atom stereocenters. The zero-order chi connectivity index (χ0) is 20.1. The van der Waals surface area contributed by atoms with Crippen LogP contribution in [0.5, 0.6) is 11.5 Å². The van der Waals surface area contributed by atoms with Crippen molar-refractivity contribution >= 4 is 38.3 Å². The van der Waals surface area contributed by atoms with E-state index in [0.29, 0.717) is 23.2 Å². The molecule has 146 valence electrons. The Bertz CT molecular complexity index is 1080. The zero-order valence-corrected chi connectivity index (χ0v) is 16.8. The van der Waals surface area contributed by atoms with Crippen molar-refractivity contribution in [3.8, 4) is 11.5 Å². The van der Waals surface area contributed by atoms with Gasteiger partial charge >= 0.3 is 0 Å². The van der Waals surface area contributed by atoms with Gasteiger partial charge in [-0.2, -0.15) is 0 Å². The average molecular weight is 404 g/mol. The molecule has 5 nitrogen and oxygen atoms in total. The zero-order valence-electron chi connectivity index (χ0n) is 15.9. The summed E-state index contributed by atoms with van der Waals surface area (Å²) in [6.45, 7) is 2.30. The van der Waals surface area contributed by atoms with Gasteiger partial charge in [0.05, 0.1) is 22.5 Å². The highest BCUT2D eigenvalue weighted by Crippen LogP contribution is 2.34. The van der Waals surface area contributed by atoms with Crippen molar-refractivity contribution in [1.29, 1.82) is 0 Å². The van der Waals surface area contributed by atoms with Gasteiger partial charge in [-0.25, -0.2) is 4.98 Å². The molecule has 0 saturated carbocycles. The van der Waals surface area contributed by atoms with Crippen LogP contribution in [0.1, 0.15) is 6.92 Å². The molecule has 0 N–H and O–H groups in total. The minimum absolute atomic E-state index is 0.130. The second kappa shape index (κ2) is 8.75. The highest BCUT2D eigenvalue weighted by molar-refractivity contribution is 7.22. The maximum absolute atomic E-state index is 13.2. The number of thiazole rings is 1. The molecule has 4 aromatic rings. The number of benzene rings is 3. The molecule has 0 spiro atoms. The fraction of sp³-hybridized carbons (Fsp3) is 0.130. The number of aromatic nitrogens is 1. The summed E-state index contributed by atoms with van der Waals surface area (Å²) in [7, 11) is 0. The molecule has 0 aliphatic heterocycles. The van der Waals surface area contributed by atoms with Gasteiger partial charge in [0.25, 0.3) is 5.91 Å². The molecule has 3 aromatic carbocycles. The van der Waals surface area contributed by atoms with Gasteiger partial charge in [-0.15, -0.1) is 0 Å². The van der Waals surface area contributed by atoms with Crippen LogP contribution in [-0.2, 0) is 4.79 Å². The third-order valence-corrected chi connectivity index (χ3v) is 5.26. The summed E-state index contributed by atoms with van der Waals surface area (Å²) in [5.74, 6) is 0.954. The second-order valence-electron chi connectivity index (χ2n) is 6.20. The first-order valence-electron chi connectivity index (χ1n) is 9.34. The lowest BCUT2D eigenvalue weighted by Gasteiger charge is -2.20. The van der Waals surface area contributed by atoms with E-state index in [9.17, 15) is 4.79 Å². The van der Waals surface area contributed by atoms with Crippen molar-refractivity contribution in [2.45, 2.75) is 6.92 Å². The van der Waals surface area contributed by atoms with Crippen LogP contribution in [0, 0.1) is 0 Å². The minimum atomic E-state index is -0.207. The number of anilines is 2. The first-order valence-corrected chi connectivity index (χ1v) is 10.2. The van der Waals surface area contributed by atoms with Crippen molar-refractivity contribution < 1.29 is 14.3 Å². The summed E-state index contributed by atoms with van der Waals surface area (Å²) in [6.07, 6.45) is 0. The van der Waals surface area contributed by atoms with E-state index in [1.165, 1.54) is 11.3 Å². The normalized spacial score (nSPS) is 10.7. The second-order valence-corrected chi connectivity index (χ2v) is 7.21. The Labute approximate surface area is 173 Å². The number of ether oxygens (including phenoxy) is 2. The molecule has 0 aliphatic carbocycles. The van der Waals surface area contributed by atoms with Crippen LogP contribution in [0.25, 0.3) is 10.2 Å². The Hall–Kier alpha value is -3.38. The van der Waals surface area contributed by atoms with E-state index in [1.54, 1.807) is 11.0 Å². The summed E-state index contributed by atoms with van der Waals surface area (Å²) < 4.78 is 12.4. The number of hydrogen-bond donors (Lipinski definition) is 0. The topological polar surface area (TPSA) is 51.7 Å². The lowest BCUT2D eigenvalue weighted by molar-refractivity contribution is -0.119. The smallest absolute Gasteiger partial charge is 0.271 e. The first kappa shape index (κ1) is 19.0. The fourth-order valence-corrected chi connectivity index (χ4v) is 3.95. The predicted molar refractivity (Wildman–Crippen MR) is 116 cm³/mol. The van der Waals surface area contributed by atoms with Crippen molar-refractivity contribution in [2.75, 3.05) is 18.1 Å². The van der Waals surface area contributed by atoms with Gasteiger partial charge in [0.15, 0.2) is 23.2 Å². The lowest BCUT2D eigenvalue weighted by atomic mass is 10.3. The number of rotatable bonds is 7. The van der Waals surface area contributed by atoms with Gasteiger partial charge in [0.2, 0.25) is 0 Å². The number of fused-ring (bicyclic) bond motifs is 1. The van der Waals surface area contributed by atoms with Gasteiger partial charge < -0.3 is 9.47 Å². The van der Waals surface area contributed by atoms with E-state index in [-0.39, 0.29) is 12.5 Å². The number of para-hydroxylation sites is 4. The standard InChI is InChI=1S/C23H20N2O3S/c1-2-27-19-13-7-8-14-20(19)28-16-22(26)25(17-10-4-3-5-11-17)23-24-18-12-6-9-15-21(18)29-23/h3-15H,2,16H2,1H3. The predicted octanol–water partition coefficient (Wildman–Crippen LogP) is 5.44. The van der Waals surface area contributed by atoms with Crippen LogP contribution in [0.15, 0.2) is 78.9 Å². The third-order valence-electron chi connectivity index (χ3n) is 4.24. The molecule has 1 aromatic heterocycles.